The molecule has 0 aliphatic rings. The van der Waals surface area contributed by atoms with Gasteiger partial charge >= 0.3 is 5.69 Å². The summed E-state index contributed by atoms with van der Waals surface area (Å²) < 4.78 is 3.27. The molecule has 0 aliphatic heterocycles. The Hall–Kier alpha value is -1.79. The Bertz CT molecular complexity index is 764. The average Bonchev–Trinajstić information content (AvgIpc) is 2.76. The summed E-state index contributed by atoms with van der Waals surface area (Å²) in [6.07, 6.45) is 0.297. The topological polar surface area (TPSA) is 73.3 Å². The molecule has 0 unspecified atom stereocenters. The van der Waals surface area contributed by atoms with Gasteiger partial charge in [-0.2, -0.15) is 0 Å². The minimum atomic E-state index is -0.110. The Morgan fingerprint density at radius 2 is 1.83 bits per heavy atom. The Morgan fingerprint density at radius 1 is 1.25 bits per heavy atom. The smallest absolute Gasteiger partial charge is 0.328 e. The van der Waals surface area contributed by atoms with Crippen molar-refractivity contribution in [2.75, 3.05) is 20.1 Å². The third kappa shape index (κ3) is 4.19. The maximum atomic E-state index is 12.3. The molecule has 6 nitrogen and oxygen atoms in total. The van der Waals surface area contributed by atoms with Crippen LogP contribution >= 0.6 is 12.4 Å². The lowest BCUT2D eigenvalue weighted by Gasteiger charge is -2.29. The molecule has 1 heterocycles. The van der Waals surface area contributed by atoms with Gasteiger partial charge in [-0.3, -0.25) is 13.9 Å². The normalized spacial score (nSPS) is 11.4. The lowest BCUT2D eigenvalue weighted by atomic mass is 9.93. The highest BCUT2D eigenvalue weighted by Gasteiger charge is 2.21. The number of benzene rings is 1. The van der Waals surface area contributed by atoms with Crippen LogP contribution in [0.5, 0.6) is 0 Å². The summed E-state index contributed by atoms with van der Waals surface area (Å²) in [5.74, 6) is 0.0198. The molecule has 7 heteroatoms. The molecule has 1 aromatic heterocycles. The van der Waals surface area contributed by atoms with Crippen LogP contribution in [-0.4, -0.2) is 40.1 Å². The first-order chi connectivity index (χ1) is 10.8. The highest BCUT2D eigenvalue weighted by molar-refractivity contribution is 5.85. The highest BCUT2D eigenvalue weighted by Crippen LogP contribution is 2.15. The van der Waals surface area contributed by atoms with Crippen molar-refractivity contribution in [1.29, 1.82) is 0 Å². The van der Waals surface area contributed by atoms with Crippen LogP contribution in [0.15, 0.2) is 29.1 Å². The molecule has 2 N–H and O–H groups in total. The van der Waals surface area contributed by atoms with Gasteiger partial charge in [0, 0.05) is 33.6 Å². The summed E-state index contributed by atoms with van der Waals surface area (Å²) in [6.45, 7) is 5.57. The predicted octanol–water partition coefficient (Wildman–Crippen LogP) is 1.60. The minimum Gasteiger partial charge on any atom is -0.345 e. The molecular formula is C17H27ClN4O2. The van der Waals surface area contributed by atoms with Gasteiger partial charge in [-0.25, -0.2) is 4.79 Å². The number of hydrogen-bond donors (Lipinski definition) is 1. The molecule has 134 valence electrons. The molecular weight excluding hydrogens is 328 g/mol. The molecule has 0 radical (unpaired) electrons. The van der Waals surface area contributed by atoms with E-state index >= 15 is 0 Å². The van der Waals surface area contributed by atoms with Gasteiger partial charge in [-0.15, -0.1) is 12.4 Å². The van der Waals surface area contributed by atoms with Gasteiger partial charge in [-0.1, -0.05) is 26.0 Å². The van der Waals surface area contributed by atoms with Crippen LogP contribution in [0.2, 0.25) is 0 Å². The number of rotatable bonds is 6. The summed E-state index contributed by atoms with van der Waals surface area (Å²) in [5, 5.41) is 0. The van der Waals surface area contributed by atoms with E-state index in [4.69, 9.17) is 5.73 Å². The van der Waals surface area contributed by atoms with E-state index in [9.17, 15) is 9.59 Å². The Balaban J connectivity index is 0.00000288. The second-order valence-corrected chi connectivity index (χ2v) is 6.85. The van der Waals surface area contributed by atoms with E-state index in [-0.39, 0.29) is 29.4 Å². The molecule has 2 rings (SSSR count). The van der Waals surface area contributed by atoms with Crippen molar-refractivity contribution in [2.45, 2.75) is 26.8 Å². The van der Waals surface area contributed by atoms with Crippen molar-refractivity contribution in [3.8, 4) is 0 Å². The maximum Gasteiger partial charge on any atom is 0.328 e. The number of aromatic nitrogens is 2. The van der Waals surface area contributed by atoms with Crippen LogP contribution < -0.4 is 11.4 Å². The van der Waals surface area contributed by atoms with Gasteiger partial charge < -0.3 is 10.6 Å². The zero-order valence-electron chi connectivity index (χ0n) is 14.8. The fraction of sp³-hybridized carbons (Fsp3) is 0.529. The molecule has 0 bridgehead atoms. The quantitative estimate of drug-likeness (QED) is 0.856. The van der Waals surface area contributed by atoms with Crippen molar-refractivity contribution in [1.82, 2.24) is 14.0 Å². The lowest BCUT2D eigenvalue weighted by Crippen LogP contribution is -2.40. The number of nitrogens with two attached hydrogens (primary N) is 1. The second kappa shape index (κ2) is 7.85. The van der Waals surface area contributed by atoms with Gasteiger partial charge in [0.15, 0.2) is 0 Å². The Morgan fingerprint density at radius 3 is 2.42 bits per heavy atom. The largest absolute Gasteiger partial charge is 0.345 e. The molecule has 1 aromatic carbocycles. The van der Waals surface area contributed by atoms with Gasteiger partial charge in [-0.05, 0) is 24.1 Å². The number of halogens is 1. The van der Waals surface area contributed by atoms with Crippen molar-refractivity contribution >= 4 is 29.3 Å². The summed E-state index contributed by atoms with van der Waals surface area (Å²) in [4.78, 5) is 26.4. The number of para-hydroxylation sites is 2. The van der Waals surface area contributed by atoms with Crippen molar-refractivity contribution in [3.63, 3.8) is 0 Å². The zero-order chi connectivity index (χ0) is 17.2. The van der Waals surface area contributed by atoms with Gasteiger partial charge in [0.25, 0.3) is 0 Å². The number of amides is 1. The number of nitrogens with zero attached hydrogens (tertiary/aromatic N) is 3. The number of carbonyl (C=O) groups is 1. The maximum absolute atomic E-state index is 12.3. The minimum absolute atomic E-state index is 0. The van der Waals surface area contributed by atoms with E-state index in [0.29, 0.717) is 26.1 Å². The van der Waals surface area contributed by atoms with E-state index in [1.165, 1.54) is 0 Å². The summed E-state index contributed by atoms with van der Waals surface area (Å²) in [6, 6.07) is 7.61. The zero-order valence-corrected chi connectivity index (χ0v) is 15.6. The molecule has 0 saturated carbocycles. The van der Waals surface area contributed by atoms with Crippen LogP contribution in [0.4, 0.5) is 0 Å². The molecule has 24 heavy (non-hydrogen) atoms. The number of hydrogen-bond acceptors (Lipinski definition) is 3. The van der Waals surface area contributed by atoms with Crippen LogP contribution in [-0.2, 0) is 18.4 Å². The first-order valence-electron chi connectivity index (χ1n) is 7.85. The number of carbonyl (C=O) groups excluding carboxylic acids is 1. The van der Waals surface area contributed by atoms with Gasteiger partial charge in [0.2, 0.25) is 5.91 Å². The van der Waals surface area contributed by atoms with Crippen LogP contribution in [0.3, 0.4) is 0 Å². The molecule has 0 atom stereocenters. The average molecular weight is 355 g/mol. The van der Waals surface area contributed by atoms with Gasteiger partial charge in [0.05, 0.1) is 11.0 Å². The van der Waals surface area contributed by atoms with Crippen molar-refractivity contribution in [2.24, 2.45) is 18.2 Å². The summed E-state index contributed by atoms with van der Waals surface area (Å²) >= 11 is 0. The van der Waals surface area contributed by atoms with Crippen LogP contribution in [0, 0.1) is 5.41 Å². The second-order valence-electron chi connectivity index (χ2n) is 6.85. The fourth-order valence-electron chi connectivity index (χ4n) is 2.77. The Labute approximate surface area is 148 Å². The molecule has 0 fully saturated rings. The molecule has 1 amide bonds. The van der Waals surface area contributed by atoms with E-state index in [1.54, 1.807) is 28.1 Å². The number of aryl methyl sites for hydroxylation is 2. The first-order valence-corrected chi connectivity index (χ1v) is 7.85. The summed E-state index contributed by atoms with van der Waals surface area (Å²) in [7, 11) is 3.53. The molecule has 2 aromatic rings. The lowest BCUT2D eigenvalue weighted by molar-refractivity contribution is -0.131. The number of imidazole rings is 1. The van der Waals surface area contributed by atoms with Crippen molar-refractivity contribution in [3.05, 3.63) is 34.7 Å². The monoisotopic (exact) mass is 354 g/mol. The third-order valence-electron chi connectivity index (χ3n) is 4.24. The number of fused-ring (bicyclic) bond motifs is 1. The van der Waals surface area contributed by atoms with Crippen molar-refractivity contribution < 1.29 is 4.79 Å². The van der Waals surface area contributed by atoms with E-state index in [0.717, 1.165) is 11.0 Å². The first kappa shape index (κ1) is 20.3. The Kier molecular flexibility index (Phi) is 6.63. The predicted molar refractivity (Wildman–Crippen MR) is 99.5 cm³/mol. The third-order valence-corrected chi connectivity index (χ3v) is 4.24. The van der Waals surface area contributed by atoms with E-state index < -0.39 is 0 Å². The van der Waals surface area contributed by atoms with E-state index in [2.05, 4.69) is 0 Å². The fourth-order valence-corrected chi connectivity index (χ4v) is 2.77. The SMILES string of the molecule is CN(CC(C)(C)CN)C(=O)CCn1c(=O)n(C)c2ccccc21.Cl. The van der Waals surface area contributed by atoms with E-state index in [1.807, 2.05) is 38.1 Å². The van der Waals surface area contributed by atoms with Crippen LogP contribution in [0.25, 0.3) is 11.0 Å². The molecule has 0 aliphatic carbocycles. The summed E-state index contributed by atoms with van der Waals surface area (Å²) in [5.41, 5.74) is 7.25. The highest BCUT2D eigenvalue weighted by atomic mass is 35.5. The molecule has 0 spiro atoms. The van der Waals surface area contributed by atoms with Crippen LogP contribution in [0.1, 0.15) is 20.3 Å². The molecule has 0 saturated heterocycles. The standard InChI is InChI=1S/C17H26N4O2.ClH/c1-17(2,11-18)12-19(3)15(22)9-10-21-14-8-6-5-7-13(14)20(4)16(21)23;/h5-8H,9-12,18H2,1-4H3;1H. The van der Waals surface area contributed by atoms with Gasteiger partial charge in [0.1, 0.15) is 0 Å².